The maximum absolute atomic E-state index is 12.4. The van der Waals surface area contributed by atoms with E-state index in [0.29, 0.717) is 10.8 Å². The third-order valence-corrected chi connectivity index (χ3v) is 6.76. The van der Waals surface area contributed by atoms with Crippen molar-refractivity contribution in [2.24, 2.45) is 5.92 Å². The summed E-state index contributed by atoms with van der Waals surface area (Å²) in [5, 5.41) is 16.3. The highest BCUT2D eigenvalue weighted by Crippen LogP contribution is 2.31. The summed E-state index contributed by atoms with van der Waals surface area (Å²) in [5.41, 5.74) is 0.578. The first-order valence-electron chi connectivity index (χ1n) is 10.2. The Kier molecular flexibility index (Phi) is 7.42. The fraction of sp³-hybridized carbons (Fsp3) is 0.524. The SMILES string of the molecule is CCC(C)C(NC(=O)OC(C)(C)C)c1nnc2sc(SCc3cccc(OC)c3)nn12. The molecule has 0 aliphatic heterocycles. The summed E-state index contributed by atoms with van der Waals surface area (Å²) in [6, 6.07) is 7.63. The summed E-state index contributed by atoms with van der Waals surface area (Å²) in [6.45, 7) is 9.65. The lowest BCUT2D eigenvalue weighted by Crippen LogP contribution is -2.38. The Labute approximate surface area is 190 Å². The third kappa shape index (κ3) is 6.10. The predicted octanol–water partition coefficient (Wildman–Crippen LogP) is 5.10. The molecule has 0 aliphatic carbocycles. The van der Waals surface area contributed by atoms with Gasteiger partial charge in [-0.3, -0.25) is 0 Å². The number of ether oxygens (including phenoxy) is 2. The van der Waals surface area contributed by atoms with Crippen molar-refractivity contribution in [2.75, 3.05) is 7.11 Å². The summed E-state index contributed by atoms with van der Waals surface area (Å²) in [6.07, 6.45) is 0.383. The van der Waals surface area contributed by atoms with Crippen LogP contribution >= 0.6 is 23.1 Å². The van der Waals surface area contributed by atoms with Crippen LogP contribution in [0.4, 0.5) is 4.79 Å². The minimum atomic E-state index is -0.575. The Hall–Kier alpha value is -2.33. The summed E-state index contributed by atoms with van der Waals surface area (Å²) in [7, 11) is 1.66. The second kappa shape index (κ2) is 9.86. The summed E-state index contributed by atoms with van der Waals surface area (Å²) >= 11 is 3.11. The van der Waals surface area contributed by atoms with E-state index in [9.17, 15) is 4.79 Å². The van der Waals surface area contributed by atoms with Gasteiger partial charge in [-0.2, -0.15) is 4.52 Å². The van der Waals surface area contributed by atoms with Gasteiger partial charge in [0.05, 0.1) is 13.2 Å². The molecular weight excluding hydrogens is 434 g/mol. The number of amides is 1. The normalized spacial score (nSPS) is 13.7. The van der Waals surface area contributed by atoms with E-state index >= 15 is 0 Å². The van der Waals surface area contributed by atoms with Crippen molar-refractivity contribution < 1.29 is 14.3 Å². The largest absolute Gasteiger partial charge is 0.497 e. The van der Waals surface area contributed by atoms with Gasteiger partial charge in [-0.05, 0) is 44.4 Å². The first kappa shape index (κ1) is 23.3. The number of carbonyl (C=O) groups excluding carboxylic acids is 1. The van der Waals surface area contributed by atoms with Gasteiger partial charge in [-0.1, -0.05) is 55.5 Å². The number of hydrogen-bond acceptors (Lipinski definition) is 8. The van der Waals surface area contributed by atoms with Gasteiger partial charge in [0, 0.05) is 5.75 Å². The lowest BCUT2D eigenvalue weighted by Gasteiger charge is -2.25. The Morgan fingerprint density at radius 3 is 2.77 bits per heavy atom. The molecule has 0 saturated carbocycles. The van der Waals surface area contributed by atoms with Crippen molar-refractivity contribution in [1.82, 2.24) is 25.1 Å². The number of aromatic nitrogens is 4. The number of benzene rings is 1. The van der Waals surface area contributed by atoms with Gasteiger partial charge in [0.25, 0.3) is 0 Å². The fourth-order valence-corrected chi connectivity index (χ4v) is 4.73. The lowest BCUT2D eigenvalue weighted by molar-refractivity contribution is 0.0482. The van der Waals surface area contributed by atoms with Crippen molar-refractivity contribution >= 4 is 34.2 Å². The van der Waals surface area contributed by atoms with Crippen LogP contribution in [0.2, 0.25) is 0 Å². The summed E-state index contributed by atoms with van der Waals surface area (Å²) in [5.74, 6) is 2.35. The van der Waals surface area contributed by atoms with Crippen molar-refractivity contribution in [3.05, 3.63) is 35.7 Å². The molecule has 2 atom stereocenters. The molecule has 0 bridgehead atoms. The Morgan fingerprint density at radius 1 is 1.32 bits per heavy atom. The van der Waals surface area contributed by atoms with Gasteiger partial charge in [0.15, 0.2) is 10.2 Å². The number of nitrogens with one attached hydrogen (secondary N) is 1. The second-order valence-electron chi connectivity index (χ2n) is 8.27. The molecule has 1 amide bonds. The minimum absolute atomic E-state index is 0.134. The smallest absolute Gasteiger partial charge is 0.408 e. The van der Waals surface area contributed by atoms with E-state index in [-0.39, 0.29) is 12.0 Å². The van der Waals surface area contributed by atoms with Crippen LogP contribution in [0.5, 0.6) is 5.75 Å². The quantitative estimate of drug-likeness (QED) is 0.465. The molecule has 0 radical (unpaired) electrons. The van der Waals surface area contributed by atoms with Crippen LogP contribution in [0, 0.1) is 5.92 Å². The first-order valence-corrected chi connectivity index (χ1v) is 12.0. The second-order valence-corrected chi connectivity index (χ2v) is 10.4. The molecule has 2 aromatic heterocycles. The maximum atomic E-state index is 12.4. The van der Waals surface area contributed by atoms with Crippen LogP contribution in [-0.4, -0.2) is 38.6 Å². The Morgan fingerprint density at radius 2 is 2.10 bits per heavy atom. The highest BCUT2D eigenvalue weighted by Gasteiger charge is 2.29. The minimum Gasteiger partial charge on any atom is -0.497 e. The first-order chi connectivity index (χ1) is 14.7. The number of hydrogen-bond donors (Lipinski definition) is 1. The van der Waals surface area contributed by atoms with E-state index < -0.39 is 11.7 Å². The molecule has 0 saturated heterocycles. The fourth-order valence-electron chi connectivity index (χ4n) is 2.91. The lowest BCUT2D eigenvalue weighted by atomic mass is 9.99. The van der Waals surface area contributed by atoms with Crippen LogP contribution in [0.1, 0.15) is 58.5 Å². The zero-order valence-electron chi connectivity index (χ0n) is 18.7. The monoisotopic (exact) mass is 463 g/mol. The van der Waals surface area contributed by atoms with Crippen LogP contribution in [0.15, 0.2) is 28.6 Å². The molecule has 0 aliphatic rings. The van der Waals surface area contributed by atoms with Gasteiger partial charge >= 0.3 is 6.09 Å². The topological polar surface area (TPSA) is 90.6 Å². The van der Waals surface area contributed by atoms with Crippen LogP contribution in [0.25, 0.3) is 4.96 Å². The third-order valence-electron chi connectivity index (χ3n) is 4.66. The molecule has 0 spiro atoms. The van der Waals surface area contributed by atoms with Crippen LogP contribution in [-0.2, 0) is 10.5 Å². The molecule has 0 fully saturated rings. The van der Waals surface area contributed by atoms with Crippen LogP contribution < -0.4 is 10.1 Å². The van der Waals surface area contributed by atoms with Gasteiger partial charge in [0.2, 0.25) is 4.96 Å². The van der Waals surface area contributed by atoms with Crippen LogP contribution in [0.3, 0.4) is 0 Å². The molecule has 10 heteroatoms. The van der Waals surface area contributed by atoms with Gasteiger partial charge < -0.3 is 14.8 Å². The van der Waals surface area contributed by atoms with Gasteiger partial charge in [0.1, 0.15) is 11.4 Å². The molecule has 31 heavy (non-hydrogen) atoms. The van der Waals surface area contributed by atoms with E-state index in [1.165, 1.54) is 11.3 Å². The molecule has 8 nitrogen and oxygen atoms in total. The predicted molar refractivity (Wildman–Crippen MR) is 123 cm³/mol. The molecule has 3 rings (SSSR count). The number of carbonyl (C=O) groups is 1. The van der Waals surface area contributed by atoms with E-state index in [4.69, 9.17) is 14.6 Å². The molecule has 1 N–H and O–H groups in total. The van der Waals surface area contributed by atoms with Gasteiger partial charge in [-0.15, -0.1) is 15.3 Å². The van der Waals surface area contributed by atoms with Crippen molar-refractivity contribution in [3.8, 4) is 5.75 Å². The number of methoxy groups -OCH3 is 1. The average molecular weight is 464 g/mol. The zero-order chi connectivity index (χ0) is 22.6. The van der Waals surface area contributed by atoms with Gasteiger partial charge in [-0.25, -0.2) is 4.79 Å². The number of alkyl carbamates (subject to hydrolysis) is 1. The Balaban J connectivity index is 1.78. The van der Waals surface area contributed by atoms with Crippen molar-refractivity contribution in [2.45, 2.75) is 62.8 Å². The molecule has 1 aromatic carbocycles. The van der Waals surface area contributed by atoms with E-state index in [1.807, 2.05) is 39.0 Å². The molecular formula is C21H29N5O3S2. The molecule has 168 valence electrons. The van der Waals surface area contributed by atoms with E-state index in [0.717, 1.165) is 27.8 Å². The number of nitrogens with zero attached hydrogens (tertiary/aromatic N) is 4. The maximum Gasteiger partial charge on any atom is 0.408 e. The van der Waals surface area contributed by atoms with Crippen molar-refractivity contribution in [1.29, 1.82) is 0 Å². The molecule has 2 unspecified atom stereocenters. The average Bonchev–Trinajstić information content (AvgIpc) is 3.29. The highest BCUT2D eigenvalue weighted by molar-refractivity contribution is 8.00. The van der Waals surface area contributed by atoms with Crippen molar-refractivity contribution in [3.63, 3.8) is 0 Å². The molecule has 2 heterocycles. The zero-order valence-corrected chi connectivity index (χ0v) is 20.3. The molecule has 3 aromatic rings. The summed E-state index contributed by atoms with van der Waals surface area (Å²) in [4.78, 5) is 13.1. The number of thioether (sulfide) groups is 1. The number of fused-ring (bicyclic) bond motifs is 1. The Bertz CT molecular complexity index is 1030. The highest BCUT2D eigenvalue weighted by atomic mass is 32.2. The standard InChI is InChI=1S/C21H29N5O3S2/c1-7-13(2)16(22-19(27)29-21(3,4)5)17-23-24-18-26(17)25-20(31-18)30-12-14-9-8-10-15(11-14)28-6/h8-11,13,16H,7,12H2,1-6H3,(H,22,27). The summed E-state index contributed by atoms with van der Waals surface area (Å²) < 4.78 is 13.3. The van der Waals surface area contributed by atoms with E-state index in [2.05, 4.69) is 35.4 Å². The van der Waals surface area contributed by atoms with E-state index in [1.54, 1.807) is 23.4 Å². The number of rotatable bonds is 8.